The van der Waals surface area contributed by atoms with Crippen LogP contribution in [-0.2, 0) is 4.79 Å². The average Bonchev–Trinajstić information content (AvgIpc) is 2.67. The molecule has 1 aliphatic rings. The van der Waals surface area contributed by atoms with Gasteiger partial charge in [-0.2, -0.15) is 5.26 Å². The summed E-state index contributed by atoms with van der Waals surface area (Å²) in [5.74, 6) is -0.399. The molecule has 0 radical (unpaired) electrons. The van der Waals surface area contributed by atoms with Gasteiger partial charge in [0, 0.05) is 24.0 Å². The molecule has 0 saturated carbocycles. The monoisotopic (exact) mass is 385 g/mol. The second-order valence-electron chi connectivity index (χ2n) is 8.19. The van der Waals surface area contributed by atoms with Crippen molar-refractivity contribution >= 4 is 28.9 Å². The van der Waals surface area contributed by atoms with E-state index in [0.29, 0.717) is 0 Å². The largest absolute Gasteiger partial charge is 0.366 e. The highest BCUT2D eigenvalue weighted by molar-refractivity contribution is 6.10. The predicted octanol–water partition coefficient (Wildman–Crippen LogP) is 5.48. The van der Waals surface area contributed by atoms with E-state index in [2.05, 4.69) is 50.2 Å². The maximum absolute atomic E-state index is 12.7. The lowest BCUT2D eigenvalue weighted by Crippen LogP contribution is -2.42. The van der Waals surface area contributed by atoms with E-state index in [1.165, 1.54) is 5.57 Å². The molecule has 0 bridgehead atoms. The van der Waals surface area contributed by atoms with Crippen molar-refractivity contribution in [1.82, 2.24) is 0 Å². The van der Waals surface area contributed by atoms with E-state index in [9.17, 15) is 10.1 Å². The molecule has 0 unspecified atom stereocenters. The number of nitrogens with one attached hydrogen (secondary N) is 1. The molecule has 4 heteroatoms. The van der Waals surface area contributed by atoms with Gasteiger partial charge in [-0.1, -0.05) is 24.3 Å². The SMILES string of the molecule is CC1=CC(C)(C)N(C)c2ccc(/C=C(/C#N)C(=O)Nc3cccc(C)c3C)cc21. The number of rotatable bonds is 3. The molecule has 0 saturated heterocycles. The molecule has 0 aliphatic carbocycles. The molecule has 0 spiro atoms. The number of fused-ring (bicyclic) bond motifs is 1. The highest BCUT2D eigenvalue weighted by Gasteiger charge is 2.28. The lowest BCUT2D eigenvalue weighted by Gasteiger charge is -2.40. The number of anilines is 2. The van der Waals surface area contributed by atoms with E-state index in [-0.39, 0.29) is 11.1 Å². The highest BCUT2D eigenvalue weighted by atomic mass is 16.1. The summed E-state index contributed by atoms with van der Waals surface area (Å²) in [4.78, 5) is 14.9. The number of aryl methyl sites for hydroxylation is 1. The van der Waals surface area contributed by atoms with Crippen molar-refractivity contribution in [3.8, 4) is 6.07 Å². The molecule has 0 fully saturated rings. The summed E-state index contributed by atoms with van der Waals surface area (Å²) < 4.78 is 0. The van der Waals surface area contributed by atoms with Crippen molar-refractivity contribution in [3.05, 3.63) is 70.3 Å². The molecule has 29 heavy (non-hydrogen) atoms. The maximum atomic E-state index is 12.7. The van der Waals surface area contributed by atoms with Crippen molar-refractivity contribution in [2.75, 3.05) is 17.3 Å². The molecule has 1 heterocycles. The first-order valence-electron chi connectivity index (χ1n) is 9.71. The molecular weight excluding hydrogens is 358 g/mol. The average molecular weight is 386 g/mol. The highest BCUT2D eigenvalue weighted by Crippen LogP contribution is 2.38. The van der Waals surface area contributed by atoms with E-state index < -0.39 is 5.91 Å². The molecule has 1 aliphatic heterocycles. The minimum atomic E-state index is -0.399. The van der Waals surface area contributed by atoms with Crippen LogP contribution in [0.2, 0.25) is 0 Å². The first-order valence-corrected chi connectivity index (χ1v) is 9.71. The first-order chi connectivity index (χ1) is 13.6. The fourth-order valence-corrected chi connectivity index (χ4v) is 3.66. The number of carbonyl (C=O) groups excluding carboxylic acids is 1. The van der Waals surface area contributed by atoms with Gasteiger partial charge in [-0.3, -0.25) is 4.79 Å². The van der Waals surface area contributed by atoms with Gasteiger partial charge in [0.2, 0.25) is 0 Å². The lowest BCUT2D eigenvalue weighted by molar-refractivity contribution is -0.112. The van der Waals surface area contributed by atoms with Gasteiger partial charge < -0.3 is 10.2 Å². The molecular formula is C25H27N3O. The van der Waals surface area contributed by atoms with Crippen LogP contribution in [0.25, 0.3) is 11.6 Å². The number of nitriles is 1. The van der Waals surface area contributed by atoms with E-state index in [1.807, 2.05) is 50.2 Å². The Morgan fingerprint density at radius 3 is 2.59 bits per heavy atom. The van der Waals surface area contributed by atoms with Gasteiger partial charge in [0.05, 0.1) is 5.54 Å². The number of benzene rings is 2. The minimum absolute atomic E-state index is 0.0577. The zero-order valence-electron chi connectivity index (χ0n) is 17.9. The molecule has 0 aromatic heterocycles. The van der Waals surface area contributed by atoms with Crippen LogP contribution in [0.15, 0.2) is 48.0 Å². The Bertz CT molecular complexity index is 1080. The smallest absolute Gasteiger partial charge is 0.266 e. The molecule has 2 aromatic rings. The van der Waals surface area contributed by atoms with Gasteiger partial charge in [0.15, 0.2) is 0 Å². The summed E-state index contributed by atoms with van der Waals surface area (Å²) >= 11 is 0. The second-order valence-corrected chi connectivity index (χ2v) is 8.19. The summed E-state index contributed by atoms with van der Waals surface area (Å²) in [7, 11) is 2.08. The Morgan fingerprint density at radius 1 is 1.17 bits per heavy atom. The van der Waals surface area contributed by atoms with Gasteiger partial charge in [-0.25, -0.2) is 0 Å². The number of likely N-dealkylation sites (N-methyl/N-ethyl adjacent to an activating group) is 1. The number of allylic oxidation sites excluding steroid dienone is 1. The summed E-state index contributed by atoms with van der Waals surface area (Å²) in [6.07, 6.45) is 3.88. The fraction of sp³-hybridized carbons (Fsp3) is 0.280. The standard InChI is InChI=1S/C25H27N3O/c1-16-8-7-9-22(18(16)3)27-24(29)20(15-26)12-19-10-11-23-21(13-19)17(2)14-25(4,5)28(23)6/h7-14H,1-6H3,(H,27,29)/b20-12-. The quantitative estimate of drug-likeness (QED) is 0.562. The Balaban J connectivity index is 1.92. The van der Waals surface area contributed by atoms with Crippen LogP contribution in [0.3, 0.4) is 0 Å². The van der Waals surface area contributed by atoms with Gasteiger partial charge >= 0.3 is 0 Å². The van der Waals surface area contributed by atoms with Crippen molar-refractivity contribution in [1.29, 1.82) is 5.26 Å². The Labute approximate surface area is 173 Å². The zero-order valence-corrected chi connectivity index (χ0v) is 17.9. The molecule has 1 amide bonds. The van der Waals surface area contributed by atoms with Crippen LogP contribution >= 0.6 is 0 Å². The van der Waals surface area contributed by atoms with Gasteiger partial charge in [0.25, 0.3) is 5.91 Å². The number of carbonyl (C=O) groups is 1. The Morgan fingerprint density at radius 2 is 1.90 bits per heavy atom. The third-order valence-electron chi connectivity index (χ3n) is 5.77. The molecule has 4 nitrogen and oxygen atoms in total. The van der Waals surface area contributed by atoms with E-state index >= 15 is 0 Å². The fourth-order valence-electron chi connectivity index (χ4n) is 3.66. The summed E-state index contributed by atoms with van der Waals surface area (Å²) in [6, 6.07) is 13.8. The summed E-state index contributed by atoms with van der Waals surface area (Å²) in [5.41, 5.74) is 7.12. The number of nitrogens with zero attached hydrogens (tertiary/aromatic N) is 2. The molecule has 2 aromatic carbocycles. The number of amides is 1. The molecule has 148 valence electrons. The van der Waals surface area contributed by atoms with Gasteiger partial charge in [-0.05, 0) is 81.2 Å². The van der Waals surface area contributed by atoms with Crippen LogP contribution < -0.4 is 10.2 Å². The van der Waals surface area contributed by atoms with E-state index in [1.54, 1.807) is 6.08 Å². The lowest BCUT2D eigenvalue weighted by atomic mass is 9.88. The second kappa shape index (κ2) is 7.60. The maximum Gasteiger partial charge on any atom is 0.266 e. The minimum Gasteiger partial charge on any atom is -0.366 e. The third-order valence-corrected chi connectivity index (χ3v) is 5.77. The van der Waals surface area contributed by atoms with E-state index in [4.69, 9.17) is 0 Å². The van der Waals surface area contributed by atoms with Crippen molar-refractivity contribution in [3.63, 3.8) is 0 Å². The summed E-state index contributed by atoms with van der Waals surface area (Å²) in [6.45, 7) is 10.4. The number of hydrogen-bond donors (Lipinski definition) is 1. The summed E-state index contributed by atoms with van der Waals surface area (Å²) in [5, 5.41) is 12.4. The van der Waals surface area contributed by atoms with Crippen LogP contribution in [0.1, 0.15) is 43.0 Å². The van der Waals surface area contributed by atoms with Crippen molar-refractivity contribution < 1.29 is 4.79 Å². The third kappa shape index (κ3) is 3.95. The first kappa shape index (κ1) is 20.4. The number of hydrogen-bond acceptors (Lipinski definition) is 3. The van der Waals surface area contributed by atoms with Gasteiger partial charge in [0.1, 0.15) is 11.6 Å². The van der Waals surface area contributed by atoms with Crippen molar-refractivity contribution in [2.45, 2.75) is 40.2 Å². The Hall–Kier alpha value is -3.32. The van der Waals surface area contributed by atoms with Crippen LogP contribution in [0.4, 0.5) is 11.4 Å². The molecule has 3 rings (SSSR count). The molecule has 0 atom stereocenters. The van der Waals surface area contributed by atoms with Crippen LogP contribution in [-0.4, -0.2) is 18.5 Å². The predicted molar refractivity (Wildman–Crippen MR) is 121 cm³/mol. The zero-order chi connectivity index (χ0) is 21.3. The molecule has 1 N–H and O–H groups in total. The van der Waals surface area contributed by atoms with E-state index in [0.717, 1.165) is 33.6 Å². The van der Waals surface area contributed by atoms with Crippen molar-refractivity contribution in [2.24, 2.45) is 0 Å². The van der Waals surface area contributed by atoms with Gasteiger partial charge in [-0.15, -0.1) is 0 Å². The topological polar surface area (TPSA) is 56.1 Å². The Kier molecular flexibility index (Phi) is 5.35. The van der Waals surface area contributed by atoms with Crippen LogP contribution in [0, 0.1) is 25.2 Å². The normalized spacial score (nSPS) is 15.3. The van der Waals surface area contributed by atoms with Crippen LogP contribution in [0.5, 0.6) is 0 Å².